The van der Waals surface area contributed by atoms with Gasteiger partial charge in [0.25, 0.3) is 0 Å². The lowest BCUT2D eigenvalue weighted by molar-refractivity contribution is -0.136. The number of hydrogen-bond acceptors (Lipinski definition) is 2. The van der Waals surface area contributed by atoms with Gasteiger partial charge in [-0.1, -0.05) is 23.2 Å². The van der Waals surface area contributed by atoms with Gasteiger partial charge in [-0.05, 0) is 23.8 Å². The summed E-state index contributed by atoms with van der Waals surface area (Å²) in [5.41, 5.74) is 0.952. The highest BCUT2D eigenvalue weighted by atomic mass is 35.5. The van der Waals surface area contributed by atoms with Gasteiger partial charge in [0.05, 0.1) is 12.6 Å². The van der Waals surface area contributed by atoms with Crippen molar-refractivity contribution in [1.82, 2.24) is 4.98 Å². The van der Waals surface area contributed by atoms with Crippen molar-refractivity contribution in [1.29, 1.82) is 0 Å². The fourth-order valence-electron chi connectivity index (χ4n) is 1.75. The van der Waals surface area contributed by atoms with Crippen LogP contribution in [0.25, 0.3) is 11.1 Å². The van der Waals surface area contributed by atoms with E-state index in [1.807, 2.05) is 0 Å². The highest BCUT2D eigenvalue weighted by Crippen LogP contribution is 2.30. The molecule has 0 saturated carbocycles. The van der Waals surface area contributed by atoms with Crippen LogP contribution in [-0.4, -0.2) is 16.1 Å². The van der Waals surface area contributed by atoms with Gasteiger partial charge in [-0.15, -0.1) is 0 Å². The predicted octanol–water partition coefficient (Wildman–Crippen LogP) is 3.82. The van der Waals surface area contributed by atoms with E-state index in [-0.39, 0.29) is 5.56 Å². The summed E-state index contributed by atoms with van der Waals surface area (Å²) in [6.45, 7) is 0. The Hall–Kier alpha value is -1.65. The summed E-state index contributed by atoms with van der Waals surface area (Å²) < 4.78 is 13.7. The van der Waals surface area contributed by atoms with Gasteiger partial charge in [0.1, 0.15) is 5.82 Å². The highest BCUT2D eigenvalue weighted by Gasteiger charge is 2.15. The number of benzene rings is 1. The van der Waals surface area contributed by atoms with Gasteiger partial charge in [-0.2, -0.15) is 0 Å². The molecule has 0 amide bonds. The van der Waals surface area contributed by atoms with Gasteiger partial charge in [-0.25, -0.2) is 4.39 Å². The van der Waals surface area contributed by atoms with Gasteiger partial charge in [-0.3, -0.25) is 9.78 Å². The second-order valence-corrected chi connectivity index (χ2v) is 4.75. The van der Waals surface area contributed by atoms with Crippen LogP contribution in [0.3, 0.4) is 0 Å². The molecule has 1 aromatic heterocycles. The first-order chi connectivity index (χ1) is 8.97. The molecule has 0 atom stereocenters. The number of aliphatic carboxylic acids is 1. The molecule has 2 aromatic rings. The normalized spacial score (nSPS) is 10.5. The third-order valence-corrected chi connectivity index (χ3v) is 2.94. The summed E-state index contributed by atoms with van der Waals surface area (Å²) in [5, 5.41) is 9.60. The molecule has 1 heterocycles. The monoisotopic (exact) mass is 299 g/mol. The molecule has 0 radical (unpaired) electrons. The predicted molar refractivity (Wildman–Crippen MR) is 71.0 cm³/mol. The Morgan fingerprint density at radius 1 is 1.21 bits per heavy atom. The highest BCUT2D eigenvalue weighted by molar-refractivity contribution is 6.35. The van der Waals surface area contributed by atoms with Crippen molar-refractivity contribution in [3.8, 4) is 11.1 Å². The Kier molecular flexibility index (Phi) is 4.02. The standard InChI is InChI=1S/C13H8Cl2FNO2/c14-8-1-7(2-9(15)3-8)11-5-17-6-12(16)10(11)4-13(18)19/h1-3,5-6H,4H2,(H,18,19). The summed E-state index contributed by atoms with van der Waals surface area (Å²) in [4.78, 5) is 14.5. The fourth-order valence-corrected chi connectivity index (χ4v) is 2.28. The smallest absolute Gasteiger partial charge is 0.307 e. The van der Waals surface area contributed by atoms with Gasteiger partial charge < -0.3 is 5.11 Å². The van der Waals surface area contributed by atoms with Crippen LogP contribution in [-0.2, 0) is 11.2 Å². The number of carboxylic acids is 1. The molecular formula is C13H8Cl2FNO2. The zero-order valence-electron chi connectivity index (χ0n) is 9.53. The molecule has 0 spiro atoms. The molecule has 0 aliphatic rings. The Morgan fingerprint density at radius 3 is 2.42 bits per heavy atom. The van der Waals surface area contributed by atoms with Gasteiger partial charge in [0.2, 0.25) is 0 Å². The van der Waals surface area contributed by atoms with Gasteiger partial charge in [0, 0.05) is 27.4 Å². The molecule has 6 heteroatoms. The minimum absolute atomic E-state index is 0.0563. The molecule has 98 valence electrons. The van der Waals surface area contributed by atoms with Crippen LogP contribution in [0.15, 0.2) is 30.6 Å². The summed E-state index contributed by atoms with van der Waals surface area (Å²) >= 11 is 11.8. The van der Waals surface area contributed by atoms with E-state index in [2.05, 4.69) is 4.98 Å². The van der Waals surface area contributed by atoms with Crippen molar-refractivity contribution in [3.63, 3.8) is 0 Å². The van der Waals surface area contributed by atoms with Gasteiger partial charge >= 0.3 is 5.97 Å². The molecule has 1 aromatic carbocycles. The van der Waals surface area contributed by atoms with Gasteiger partial charge in [0.15, 0.2) is 0 Å². The Balaban J connectivity index is 2.61. The van der Waals surface area contributed by atoms with E-state index in [1.54, 1.807) is 12.1 Å². The molecule has 2 rings (SSSR count). The molecule has 3 nitrogen and oxygen atoms in total. The maximum Gasteiger partial charge on any atom is 0.307 e. The van der Waals surface area contributed by atoms with Crippen molar-refractivity contribution in [2.75, 3.05) is 0 Å². The Bertz CT molecular complexity index is 626. The largest absolute Gasteiger partial charge is 0.481 e. The lowest BCUT2D eigenvalue weighted by atomic mass is 9.99. The zero-order chi connectivity index (χ0) is 14.0. The van der Waals surface area contributed by atoms with Crippen molar-refractivity contribution >= 4 is 29.2 Å². The molecular weight excluding hydrogens is 292 g/mol. The maximum absolute atomic E-state index is 13.7. The van der Waals surface area contributed by atoms with E-state index in [0.29, 0.717) is 21.2 Å². The maximum atomic E-state index is 13.7. The van der Waals surface area contributed by atoms with E-state index < -0.39 is 18.2 Å². The van der Waals surface area contributed by atoms with E-state index in [1.165, 1.54) is 12.3 Å². The lowest BCUT2D eigenvalue weighted by Gasteiger charge is -2.09. The van der Waals surface area contributed by atoms with Crippen LogP contribution in [0.1, 0.15) is 5.56 Å². The van der Waals surface area contributed by atoms with Crippen LogP contribution in [0.2, 0.25) is 10.0 Å². The third-order valence-electron chi connectivity index (χ3n) is 2.51. The molecule has 0 aliphatic carbocycles. The van der Waals surface area contributed by atoms with E-state index in [9.17, 15) is 9.18 Å². The fraction of sp³-hybridized carbons (Fsp3) is 0.0769. The first-order valence-corrected chi connectivity index (χ1v) is 6.03. The minimum Gasteiger partial charge on any atom is -0.481 e. The third kappa shape index (κ3) is 3.22. The molecule has 1 N–H and O–H groups in total. The molecule has 19 heavy (non-hydrogen) atoms. The van der Waals surface area contributed by atoms with E-state index in [4.69, 9.17) is 28.3 Å². The zero-order valence-corrected chi connectivity index (χ0v) is 11.0. The molecule has 0 unspecified atom stereocenters. The number of nitrogens with zero attached hydrogens (tertiary/aromatic N) is 1. The topological polar surface area (TPSA) is 50.2 Å². The van der Waals surface area contributed by atoms with Crippen LogP contribution in [0.5, 0.6) is 0 Å². The number of hydrogen-bond donors (Lipinski definition) is 1. The average Bonchev–Trinajstić information content (AvgIpc) is 2.30. The SMILES string of the molecule is O=C(O)Cc1c(F)cncc1-c1cc(Cl)cc(Cl)c1. The lowest BCUT2D eigenvalue weighted by Crippen LogP contribution is -2.05. The second-order valence-electron chi connectivity index (χ2n) is 3.88. The molecule has 0 saturated heterocycles. The summed E-state index contributed by atoms with van der Waals surface area (Å²) in [7, 11) is 0. The molecule has 0 aliphatic heterocycles. The average molecular weight is 300 g/mol. The minimum atomic E-state index is -1.13. The van der Waals surface area contributed by atoms with E-state index in [0.717, 1.165) is 6.20 Å². The first-order valence-electron chi connectivity index (χ1n) is 5.28. The van der Waals surface area contributed by atoms with Crippen molar-refractivity contribution in [2.45, 2.75) is 6.42 Å². The number of carbonyl (C=O) groups is 1. The Morgan fingerprint density at radius 2 is 1.84 bits per heavy atom. The number of carboxylic acid groups (broad SMARTS) is 1. The summed E-state index contributed by atoms with van der Waals surface area (Å²) in [6, 6.07) is 4.70. The molecule has 0 bridgehead atoms. The first kappa shape index (κ1) is 13.8. The van der Waals surface area contributed by atoms with Crippen LogP contribution in [0.4, 0.5) is 4.39 Å². The van der Waals surface area contributed by atoms with Crippen molar-refractivity contribution < 1.29 is 14.3 Å². The van der Waals surface area contributed by atoms with Crippen LogP contribution < -0.4 is 0 Å². The quantitative estimate of drug-likeness (QED) is 0.937. The molecule has 0 fully saturated rings. The second kappa shape index (κ2) is 5.55. The van der Waals surface area contributed by atoms with Crippen molar-refractivity contribution in [3.05, 3.63) is 52.0 Å². The number of aromatic nitrogens is 1. The number of rotatable bonds is 3. The van der Waals surface area contributed by atoms with Crippen LogP contribution in [0, 0.1) is 5.82 Å². The van der Waals surface area contributed by atoms with Crippen molar-refractivity contribution in [2.24, 2.45) is 0 Å². The summed E-state index contributed by atoms with van der Waals surface area (Å²) in [5.74, 6) is -1.80. The van der Waals surface area contributed by atoms with E-state index >= 15 is 0 Å². The number of halogens is 3. The summed E-state index contributed by atoms with van der Waals surface area (Å²) in [6.07, 6.45) is 1.94. The van der Waals surface area contributed by atoms with Crippen LogP contribution >= 0.6 is 23.2 Å². The number of pyridine rings is 1. The Labute approximate surface area is 118 Å².